The lowest BCUT2D eigenvalue weighted by atomic mass is 9.96. The van der Waals surface area contributed by atoms with Crippen molar-refractivity contribution in [3.8, 4) is 0 Å². The Morgan fingerprint density at radius 1 is 1.80 bits per heavy atom. The number of hydrogen-bond acceptors (Lipinski definition) is 4. The lowest BCUT2D eigenvalue weighted by Crippen LogP contribution is -2.59. The Bertz CT molecular complexity index is 136. The molecule has 0 aromatic heterocycles. The SMILES string of the molecule is C[C@@H](O)C(N)(CO)C(=O)O. The summed E-state index contributed by atoms with van der Waals surface area (Å²) in [5.41, 5.74) is 3.15. The minimum Gasteiger partial charge on any atom is -0.480 e. The van der Waals surface area contributed by atoms with Gasteiger partial charge in [0.25, 0.3) is 0 Å². The fourth-order valence-electron chi connectivity index (χ4n) is 0.378. The van der Waals surface area contributed by atoms with E-state index in [0.717, 1.165) is 0 Å². The predicted molar refractivity (Wildman–Crippen MR) is 33.3 cm³/mol. The molecule has 0 saturated carbocycles. The number of aliphatic hydroxyl groups is 2. The van der Waals surface area contributed by atoms with Crippen molar-refractivity contribution >= 4 is 5.97 Å². The van der Waals surface area contributed by atoms with Crippen molar-refractivity contribution in [2.45, 2.75) is 18.6 Å². The molecule has 0 spiro atoms. The van der Waals surface area contributed by atoms with Crippen molar-refractivity contribution in [1.29, 1.82) is 0 Å². The normalized spacial score (nSPS) is 19.6. The Kier molecular flexibility index (Phi) is 2.77. The summed E-state index contributed by atoms with van der Waals surface area (Å²) >= 11 is 0. The summed E-state index contributed by atoms with van der Waals surface area (Å²) in [4.78, 5) is 10.2. The van der Waals surface area contributed by atoms with E-state index in [2.05, 4.69) is 0 Å². The van der Waals surface area contributed by atoms with Crippen LogP contribution in [0.1, 0.15) is 6.92 Å². The van der Waals surface area contributed by atoms with E-state index in [-0.39, 0.29) is 0 Å². The number of carbonyl (C=O) groups is 1. The van der Waals surface area contributed by atoms with E-state index in [0.29, 0.717) is 0 Å². The third-order valence-electron chi connectivity index (χ3n) is 1.41. The number of aliphatic carboxylic acids is 1. The monoisotopic (exact) mass is 149 g/mol. The van der Waals surface area contributed by atoms with Crippen molar-refractivity contribution in [3.05, 3.63) is 0 Å². The van der Waals surface area contributed by atoms with E-state index in [1.165, 1.54) is 6.92 Å². The van der Waals surface area contributed by atoms with E-state index < -0.39 is 24.2 Å². The van der Waals surface area contributed by atoms with Crippen LogP contribution in [0.15, 0.2) is 0 Å². The van der Waals surface area contributed by atoms with Crippen LogP contribution in [0.3, 0.4) is 0 Å². The van der Waals surface area contributed by atoms with E-state index in [1.54, 1.807) is 0 Å². The van der Waals surface area contributed by atoms with E-state index in [4.69, 9.17) is 21.1 Å². The maximum absolute atomic E-state index is 10.2. The highest BCUT2D eigenvalue weighted by Gasteiger charge is 2.38. The molecule has 0 bridgehead atoms. The first-order valence-corrected chi connectivity index (χ1v) is 2.76. The first-order chi connectivity index (χ1) is 4.45. The average molecular weight is 149 g/mol. The molecule has 10 heavy (non-hydrogen) atoms. The highest BCUT2D eigenvalue weighted by Crippen LogP contribution is 2.05. The number of rotatable bonds is 3. The molecule has 0 amide bonds. The number of carboxylic acid groups (broad SMARTS) is 1. The van der Waals surface area contributed by atoms with E-state index >= 15 is 0 Å². The third-order valence-corrected chi connectivity index (χ3v) is 1.41. The van der Waals surface area contributed by atoms with Gasteiger partial charge in [0.2, 0.25) is 0 Å². The number of hydrogen-bond donors (Lipinski definition) is 4. The molecule has 60 valence electrons. The molecule has 0 rings (SSSR count). The molecular formula is C5H11NO4. The zero-order valence-electron chi connectivity index (χ0n) is 5.61. The van der Waals surface area contributed by atoms with Gasteiger partial charge in [-0.1, -0.05) is 0 Å². The average Bonchev–Trinajstić information content (AvgIpc) is 1.85. The summed E-state index contributed by atoms with van der Waals surface area (Å²) in [6, 6.07) is 0. The number of aliphatic hydroxyl groups excluding tert-OH is 2. The second kappa shape index (κ2) is 2.96. The molecule has 0 aliphatic carbocycles. The summed E-state index contributed by atoms with van der Waals surface area (Å²) < 4.78 is 0. The second-order valence-corrected chi connectivity index (χ2v) is 2.18. The molecule has 0 aliphatic rings. The molecule has 0 saturated heterocycles. The summed E-state index contributed by atoms with van der Waals surface area (Å²) in [5.74, 6) is -1.41. The molecule has 0 heterocycles. The molecule has 0 aliphatic heterocycles. The molecule has 5 N–H and O–H groups in total. The molecule has 0 fully saturated rings. The zero-order chi connectivity index (χ0) is 8.36. The smallest absolute Gasteiger partial charge is 0.328 e. The minimum absolute atomic E-state index is 0.778. The second-order valence-electron chi connectivity index (χ2n) is 2.18. The third kappa shape index (κ3) is 1.44. The molecule has 0 radical (unpaired) electrons. The summed E-state index contributed by atoms with van der Waals surface area (Å²) in [6.07, 6.45) is -1.27. The molecular weight excluding hydrogens is 138 g/mol. The van der Waals surface area contributed by atoms with Crippen LogP contribution in [0, 0.1) is 0 Å². The highest BCUT2D eigenvalue weighted by molar-refractivity contribution is 5.79. The summed E-state index contributed by atoms with van der Waals surface area (Å²) in [5, 5.41) is 25.6. The summed E-state index contributed by atoms with van der Waals surface area (Å²) in [6.45, 7) is 0.435. The fraction of sp³-hybridized carbons (Fsp3) is 0.800. The van der Waals surface area contributed by atoms with Gasteiger partial charge in [0, 0.05) is 0 Å². The minimum atomic E-state index is -1.93. The fourth-order valence-corrected chi connectivity index (χ4v) is 0.378. The Labute approximate surface area is 58.1 Å². The van der Waals surface area contributed by atoms with Crippen LogP contribution >= 0.6 is 0 Å². The van der Waals surface area contributed by atoms with Crippen molar-refractivity contribution in [3.63, 3.8) is 0 Å². The van der Waals surface area contributed by atoms with Gasteiger partial charge >= 0.3 is 5.97 Å². The molecule has 2 atom stereocenters. The number of carboxylic acids is 1. The standard InChI is InChI=1S/C5H11NO4/c1-3(8)5(6,2-7)4(9)10/h3,7-8H,2,6H2,1H3,(H,9,10)/t3-,5?/m1/s1. The molecule has 5 heteroatoms. The molecule has 1 unspecified atom stereocenters. The summed E-state index contributed by atoms with van der Waals surface area (Å²) in [7, 11) is 0. The molecule has 5 nitrogen and oxygen atoms in total. The predicted octanol–water partition coefficient (Wildman–Crippen LogP) is -1.86. The van der Waals surface area contributed by atoms with Crippen LogP contribution in [0.5, 0.6) is 0 Å². The Morgan fingerprint density at radius 3 is 2.20 bits per heavy atom. The largest absolute Gasteiger partial charge is 0.480 e. The van der Waals surface area contributed by atoms with Crippen molar-refractivity contribution in [2.75, 3.05) is 6.61 Å². The molecule has 0 aromatic carbocycles. The van der Waals surface area contributed by atoms with Gasteiger partial charge in [-0.25, -0.2) is 0 Å². The highest BCUT2D eigenvalue weighted by atomic mass is 16.4. The zero-order valence-corrected chi connectivity index (χ0v) is 5.61. The van der Waals surface area contributed by atoms with Crippen LogP contribution in [0.4, 0.5) is 0 Å². The van der Waals surface area contributed by atoms with Crippen LogP contribution < -0.4 is 5.73 Å². The van der Waals surface area contributed by atoms with Crippen LogP contribution in [0.2, 0.25) is 0 Å². The Hall–Kier alpha value is -0.650. The van der Waals surface area contributed by atoms with Crippen LogP contribution in [0.25, 0.3) is 0 Å². The molecule has 0 aromatic rings. The Morgan fingerprint density at radius 2 is 2.20 bits per heavy atom. The first-order valence-electron chi connectivity index (χ1n) is 2.76. The van der Waals surface area contributed by atoms with Gasteiger partial charge in [-0.05, 0) is 6.92 Å². The van der Waals surface area contributed by atoms with Crippen molar-refractivity contribution < 1.29 is 20.1 Å². The van der Waals surface area contributed by atoms with E-state index in [9.17, 15) is 4.79 Å². The van der Waals surface area contributed by atoms with Gasteiger partial charge < -0.3 is 21.1 Å². The van der Waals surface area contributed by atoms with Gasteiger partial charge in [0.05, 0.1) is 12.7 Å². The van der Waals surface area contributed by atoms with Crippen molar-refractivity contribution in [2.24, 2.45) is 5.73 Å². The van der Waals surface area contributed by atoms with Gasteiger partial charge in [0.1, 0.15) is 0 Å². The topological polar surface area (TPSA) is 104 Å². The quantitative estimate of drug-likeness (QED) is 0.377. The van der Waals surface area contributed by atoms with Crippen LogP contribution in [-0.2, 0) is 4.79 Å². The van der Waals surface area contributed by atoms with Gasteiger partial charge in [0.15, 0.2) is 5.54 Å². The van der Waals surface area contributed by atoms with Gasteiger partial charge in [-0.2, -0.15) is 0 Å². The maximum Gasteiger partial charge on any atom is 0.328 e. The van der Waals surface area contributed by atoms with E-state index in [1.807, 2.05) is 0 Å². The first kappa shape index (κ1) is 9.35. The number of nitrogens with two attached hydrogens (primary N) is 1. The van der Waals surface area contributed by atoms with Crippen LogP contribution in [-0.4, -0.2) is 39.5 Å². The van der Waals surface area contributed by atoms with Gasteiger partial charge in [-0.15, -0.1) is 0 Å². The Balaban J connectivity index is 4.38. The lowest BCUT2D eigenvalue weighted by Gasteiger charge is -2.24. The lowest BCUT2D eigenvalue weighted by molar-refractivity contribution is -0.149. The van der Waals surface area contributed by atoms with Crippen molar-refractivity contribution in [1.82, 2.24) is 0 Å². The maximum atomic E-state index is 10.2. The van der Waals surface area contributed by atoms with Gasteiger partial charge in [-0.3, -0.25) is 4.79 Å².